The van der Waals surface area contributed by atoms with Crippen LogP contribution in [0.4, 0.5) is 0 Å². The number of thiophene rings is 1. The Balaban J connectivity index is 1.39. The number of rotatable bonds is 3. The maximum absolute atomic E-state index is 12.7. The van der Waals surface area contributed by atoms with Crippen molar-refractivity contribution in [3.8, 4) is 0 Å². The third kappa shape index (κ3) is 3.22. The van der Waals surface area contributed by atoms with E-state index in [4.69, 9.17) is 0 Å². The van der Waals surface area contributed by atoms with Crippen molar-refractivity contribution in [3.05, 3.63) is 51.3 Å². The molecule has 1 amide bonds. The summed E-state index contributed by atoms with van der Waals surface area (Å²) in [5.41, 5.74) is 1.14. The molecule has 0 aliphatic carbocycles. The van der Waals surface area contributed by atoms with Crippen LogP contribution < -0.4 is 0 Å². The van der Waals surface area contributed by atoms with Crippen molar-refractivity contribution in [1.82, 2.24) is 14.8 Å². The van der Waals surface area contributed by atoms with E-state index in [0.717, 1.165) is 53.7 Å². The SMILES string of the molecule is Cc1nc(CN2CCN(C(=O)c3cc4ccccc4s3)CC2)cs1. The standard InChI is InChI=1S/C18H19N3OS2/c1-13-19-15(12-23-13)11-20-6-8-21(9-7-20)18(22)17-10-14-4-2-3-5-16(14)24-17/h2-5,10,12H,6-9,11H2,1H3. The van der Waals surface area contributed by atoms with Crippen molar-refractivity contribution in [2.45, 2.75) is 13.5 Å². The summed E-state index contributed by atoms with van der Waals surface area (Å²) in [4.78, 5) is 22.5. The molecule has 1 aliphatic heterocycles. The number of aromatic nitrogens is 1. The number of carbonyl (C=O) groups is 1. The van der Waals surface area contributed by atoms with Crippen LogP contribution in [0.3, 0.4) is 0 Å². The highest BCUT2D eigenvalue weighted by atomic mass is 32.1. The number of benzene rings is 1. The fourth-order valence-corrected chi connectivity index (χ4v) is 4.70. The van der Waals surface area contributed by atoms with E-state index in [1.807, 2.05) is 30.0 Å². The lowest BCUT2D eigenvalue weighted by atomic mass is 10.2. The Bertz CT molecular complexity index is 829. The lowest BCUT2D eigenvalue weighted by Crippen LogP contribution is -2.48. The van der Waals surface area contributed by atoms with Crippen LogP contribution >= 0.6 is 22.7 Å². The summed E-state index contributed by atoms with van der Waals surface area (Å²) in [5.74, 6) is 0.167. The molecule has 4 rings (SSSR count). The summed E-state index contributed by atoms with van der Waals surface area (Å²) >= 11 is 3.29. The molecule has 3 aromatic rings. The minimum Gasteiger partial charge on any atom is -0.335 e. The zero-order valence-electron chi connectivity index (χ0n) is 13.6. The van der Waals surface area contributed by atoms with Gasteiger partial charge in [-0.05, 0) is 24.4 Å². The molecular weight excluding hydrogens is 338 g/mol. The molecule has 0 N–H and O–H groups in total. The van der Waals surface area contributed by atoms with Gasteiger partial charge in [-0.15, -0.1) is 22.7 Å². The third-order valence-corrected chi connectivity index (χ3v) is 6.27. The molecule has 1 aliphatic rings. The van der Waals surface area contributed by atoms with Gasteiger partial charge in [-0.25, -0.2) is 4.98 Å². The number of fused-ring (bicyclic) bond motifs is 1. The van der Waals surface area contributed by atoms with Gasteiger partial charge in [0.1, 0.15) is 0 Å². The molecular formula is C18H19N3OS2. The highest BCUT2D eigenvalue weighted by molar-refractivity contribution is 7.20. The normalized spacial score (nSPS) is 16.0. The first kappa shape index (κ1) is 15.7. The predicted molar refractivity (Wildman–Crippen MR) is 99.9 cm³/mol. The molecule has 24 heavy (non-hydrogen) atoms. The van der Waals surface area contributed by atoms with Crippen LogP contribution in [-0.4, -0.2) is 46.9 Å². The number of carbonyl (C=O) groups excluding carboxylic acids is 1. The summed E-state index contributed by atoms with van der Waals surface area (Å²) in [5, 5.41) is 4.40. The van der Waals surface area contributed by atoms with Gasteiger partial charge in [0, 0.05) is 42.8 Å². The Hall–Kier alpha value is -1.76. The number of piperazine rings is 1. The average molecular weight is 358 g/mol. The summed E-state index contributed by atoms with van der Waals surface area (Å²) in [6, 6.07) is 10.2. The smallest absolute Gasteiger partial charge is 0.264 e. The Labute approximate surface area is 149 Å². The first-order valence-electron chi connectivity index (χ1n) is 8.10. The minimum absolute atomic E-state index is 0.167. The van der Waals surface area contributed by atoms with Crippen LogP contribution in [0.2, 0.25) is 0 Å². The van der Waals surface area contributed by atoms with E-state index in [2.05, 4.69) is 27.4 Å². The highest BCUT2D eigenvalue weighted by Gasteiger charge is 2.23. The number of hydrogen-bond acceptors (Lipinski definition) is 5. The fourth-order valence-electron chi connectivity index (χ4n) is 3.06. The van der Waals surface area contributed by atoms with Gasteiger partial charge in [0.2, 0.25) is 0 Å². The minimum atomic E-state index is 0.167. The molecule has 6 heteroatoms. The van der Waals surface area contributed by atoms with E-state index < -0.39 is 0 Å². The van der Waals surface area contributed by atoms with E-state index in [9.17, 15) is 4.79 Å². The van der Waals surface area contributed by atoms with Crippen molar-refractivity contribution in [2.75, 3.05) is 26.2 Å². The van der Waals surface area contributed by atoms with Gasteiger partial charge in [-0.3, -0.25) is 9.69 Å². The zero-order valence-corrected chi connectivity index (χ0v) is 15.2. The van der Waals surface area contributed by atoms with E-state index in [1.54, 1.807) is 22.7 Å². The van der Waals surface area contributed by atoms with Gasteiger partial charge in [0.05, 0.1) is 15.6 Å². The Morgan fingerprint density at radius 1 is 1.21 bits per heavy atom. The lowest BCUT2D eigenvalue weighted by molar-refractivity contribution is 0.0632. The maximum Gasteiger partial charge on any atom is 0.264 e. The first-order chi connectivity index (χ1) is 11.7. The second kappa shape index (κ2) is 6.63. The summed E-state index contributed by atoms with van der Waals surface area (Å²) in [6.07, 6.45) is 0. The van der Waals surface area contributed by atoms with Crippen molar-refractivity contribution in [2.24, 2.45) is 0 Å². The van der Waals surface area contributed by atoms with Crippen molar-refractivity contribution in [3.63, 3.8) is 0 Å². The third-order valence-electron chi connectivity index (χ3n) is 4.35. The number of hydrogen-bond donors (Lipinski definition) is 0. The number of nitrogens with zero attached hydrogens (tertiary/aromatic N) is 3. The number of aryl methyl sites for hydroxylation is 1. The fraction of sp³-hybridized carbons (Fsp3) is 0.333. The lowest BCUT2D eigenvalue weighted by Gasteiger charge is -2.34. The maximum atomic E-state index is 12.7. The first-order valence-corrected chi connectivity index (χ1v) is 9.80. The van der Waals surface area contributed by atoms with Crippen LogP contribution in [0.1, 0.15) is 20.4 Å². The summed E-state index contributed by atoms with van der Waals surface area (Å²) in [6.45, 7) is 6.32. The van der Waals surface area contributed by atoms with Crippen LogP contribution in [0.5, 0.6) is 0 Å². The second-order valence-electron chi connectivity index (χ2n) is 6.07. The van der Waals surface area contributed by atoms with Crippen LogP contribution in [0, 0.1) is 6.92 Å². The molecule has 124 valence electrons. The van der Waals surface area contributed by atoms with E-state index in [-0.39, 0.29) is 5.91 Å². The molecule has 1 fully saturated rings. The van der Waals surface area contributed by atoms with Crippen LogP contribution in [0.25, 0.3) is 10.1 Å². The van der Waals surface area contributed by atoms with Crippen LogP contribution in [0.15, 0.2) is 35.7 Å². The molecule has 2 aromatic heterocycles. The molecule has 3 heterocycles. The van der Waals surface area contributed by atoms with E-state index in [0.29, 0.717) is 0 Å². The molecule has 4 nitrogen and oxygen atoms in total. The molecule has 0 radical (unpaired) electrons. The molecule has 0 unspecified atom stereocenters. The monoisotopic (exact) mass is 357 g/mol. The quantitative estimate of drug-likeness (QED) is 0.718. The van der Waals surface area contributed by atoms with Gasteiger partial charge in [0.15, 0.2) is 0 Å². The Morgan fingerprint density at radius 3 is 2.71 bits per heavy atom. The largest absolute Gasteiger partial charge is 0.335 e. The molecule has 0 atom stereocenters. The zero-order chi connectivity index (χ0) is 16.5. The summed E-state index contributed by atoms with van der Waals surface area (Å²) in [7, 11) is 0. The van der Waals surface area contributed by atoms with Crippen molar-refractivity contribution >= 4 is 38.7 Å². The van der Waals surface area contributed by atoms with Crippen LogP contribution in [-0.2, 0) is 6.54 Å². The molecule has 0 saturated carbocycles. The van der Waals surface area contributed by atoms with Crippen molar-refractivity contribution in [1.29, 1.82) is 0 Å². The topological polar surface area (TPSA) is 36.4 Å². The molecule has 0 spiro atoms. The molecule has 1 saturated heterocycles. The van der Waals surface area contributed by atoms with E-state index in [1.165, 1.54) is 4.70 Å². The Kier molecular flexibility index (Phi) is 4.35. The molecule has 1 aromatic carbocycles. The Morgan fingerprint density at radius 2 is 2.00 bits per heavy atom. The van der Waals surface area contributed by atoms with Gasteiger partial charge in [-0.1, -0.05) is 18.2 Å². The second-order valence-corrected chi connectivity index (χ2v) is 8.22. The number of thiazole rings is 1. The highest BCUT2D eigenvalue weighted by Crippen LogP contribution is 2.26. The van der Waals surface area contributed by atoms with E-state index >= 15 is 0 Å². The molecule has 0 bridgehead atoms. The number of amides is 1. The summed E-state index contributed by atoms with van der Waals surface area (Å²) < 4.78 is 1.18. The average Bonchev–Trinajstić information content (AvgIpc) is 3.21. The van der Waals surface area contributed by atoms with Gasteiger partial charge < -0.3 is 4.90 Å². The predicted octanol–water partition coefficient (Wildman–Crippen LogP) is 3.62. The van der Waals surface area contributed by atoms with Gasteiger partial charge in [-0.2, -0.15) is 0 Å². The van der Waals surface area contributed by atoms with Gasteiger partial charge in [0.25, 0.3) is 5.91 Å². The van der Waals surface area contributed by atoms with Gasteiger partial charge >= 0.3 is 0 Å². The van der Waals surface area contributed by atoms with Crippen molar-refractivity contribution < 1.29 is 4.79 Å².